The van der Waals surface area contributed by atoms with Gasteiger partial charge in [-0.3, -0.25) is 9.59 Å². The molecule has 1 aliphatic rings. The minimum atomic E-state index is -0.535. The van der Waals surface area contributed by atoms with Gasteiger partial charge in [0.15, 0.2) is 11.9 Å². The Bertz CT molecular complexity index is 482. The van der Waals surface area contributed by atoms with E-state index in [0.29, 0.717) is 12.2 Å². The van der Waals surface area contributed by atoms with E-state index >= 15 is 0 Å². The number of rotatable bonds is 3. The van der Waals surface area contributed by atoms with E-state index in [0.717, 1.165) is 24.0 Å². The van der Waals surface area contributed by atoms with Gasteiger partial charge in [0.25, 0.3) is 5.91 Å². The van der Waals surface area contributed by atoms with Gasteiger partial charge in [-0.1, -0.05) is 0 Å². The largest absolute Gasteiger partial charge is 0.481 e. The van der Waals surface area contributed by atoms with Gasteiger partial charge >= 0.3 is 0 Å². The number of hydrogen-bond acceptors (Lipinski definition) is 3. The molecule has 0 radical (unpaired) electrons. The summed E-state index contributed by atoms with van der Waals surface area (Å²) in [5.74, 6) is 0.672. The van der Waals surface area contributed by atoms with Crippen molar-refractivity contribution < 1.29 is 14.3 Å². The van der Waals surface area contributed by atoms with Crippen LogP contribution in [0.5, 0.6) is 5.75 Å². The lowest BCUT2D eigenvalue weighted by molar-refractivity contribution is -0.126. The molecule has 1 unspecified atom stereocenters. The Morgan fingerprint density at radius 3 is 2.89 bits per heavy atom. The number of fused-ring (bicyclic) bond motifs is 1. The summed E-state index contributed by atoms with van der Waals surface area (Å²) in [6.45, 7) is 1.70. The van der Waals surface area contributed by atoms with Crippen LogP contribution in [-0.4, -0.2) is 24.8 Å². The first kappa shape index (κ1) is 12.6. The molecule has 1 amide bonds. The number of aryl methyl sites for hydroxylation is 1. The zero-order valence-electron chi connectivity index (χ0n) is 10.7. The summed E-state index contributed by atoms with van der Waals surface area (Å²) in [7, 11) is 1.58. The van der Waals surface area contributed by atoms with Gasteiger partial charge in [0.1, 0.15) is 5.75 Å². The van der Waals surface area contributed by atoms with Gasteiger partial charge in [0.05, 0.1) is 0 Å². The molecular weight excluding hydrogens is 230 g/mol. The number of amides is 1. The third-order valence-corrected chi connectivity index (χ3v) is 3.16. The van der Waals surface area contributed by atoms with Gasteiger partial charge < -0.3 is 10.1 Å². The molecule has 4 nitrogen and oxygen atoms in total. The highest BCUT2D eigenvalue weighted by Gasteiger charge is 2.18. The molecule has 2 rings (SSSR count). The Labute approximate surface area is 106 Å². The van der Waals surface area contributed by atoms with Crippen LogP contribution >= 0.6 is 0 Å². The maximum atomic E-state index is 11.7. The van der Waals surface area contributed by atoms with Gasteiger partial charge in [-0.25, -0.2) is 0 Å². The highest BCUT2D eigenvalue weighted by molar-refractivity contribution is 5.98. The van der Waals surface area contributed by atoms with Crippen molar-refractivity contribution in [2.75, 3.05) is 7.05 Å². The second kappa shape index (κ2) is 5.21. The Hall–Kier alpha value is -1.84. The van der Waals surface area contributed by atoms with Crippen molar-refractivity contribution in [3.05, 3.63) is 29.3 Å². The standard InChI is InChI=1S/C14H17NO3/c1-9(14(17)15-2)18-11-6-7-12-10(8-11)4-3-5-13(12)16/h6-9H,3-5H2,1-2H3,(H,15,17). The molecule has 0 aromatic heterocycles. The predicted molar refractivity (Wildman–Crippen MR) is 67.9 cm³/mol. The van der Waals surface area contributed by atoms with Crippen molar-refractivity contribution >= 4 is 11.7 Å². The van der Waals surface area contributed by atoms with Gasteiger partial charge in [-0.05, 0) is 43.5 Å². The lowest BCUT2D eigenvalue weighted by atomic mass is 9.90. The number of hydrogen-bond donors (Lipinski definition) is 1. The average molecular weight is 247 g/mol. The molecule has 1 N–H and O–H groups in total. The molecule has 1 aromatic rings. The van der Waals surface area contributed by atoms with E-state index in [1.807, 2.05) is 6.07 Å². The Morgan fingerprint density at radius 2 is 2.17 bits per heavy atom. The highest BCUT2D eigenvalue weighted by atomic mass is 16.5. The van der Waals surface area contributed by atoms with E-state index in [-0.39, 0.29) is 11.7 Å². The predicted octanol–water partition coefficient (Wildman–Crippen LogP) is 1.72. The quantitative estimate of drug-likeness (QED) is 0.884. The van der Waals surface area contributed by atoms with Crippen molar-refractivity contribution in [3.63, 3.8) is 0 Å². The second-order valence-corrected chi connectivity index (χ2v) is 4.47. The van der Waals surface area contributed by atoms with E-state index in [4.69, 9.17) is 4.74 Å². The van der Waals surface area contributed by atoms with E-state index < -0.39 is 6.10 Å². The summed E-state index contributed by atoms with van der Waals surface area (Å²) in [4.78, 5) is 23.0. The molecule has 0 spiro atoms. The molecule has 0 heterocycles. The summed E-state index contributed by atoms with van der Waals surface area (Å²) >= 11 is 0. The van der Waals surface area contributed by atoms with Gasteiger partial charge in [-0.15, -0.1) is 0 Å². The Morgan fingerprint density at radius 1 is 1.39 bits per heavy atom. The Kier molecular flexibility index (Phi) is 3.65. The minimum absolute atomic E-state index is 0.163. The lowest BCUT2D eigenvalue weighted by Gasteiger charge is -2.18. The number of nitrogens with one attached hydrogen (secondary N) is 1. The SMILES string of the molecule is CNC(=O)C(C)Oc1ccc2c(c1)CCCC2=O. The van der Waals surface area contributed by atoms with Crippen LogP contribution in [-0.2, 0) is 11.2 Å². The Balaban J connectivity index is 2.16. The van der Waals surface area contributed by atoms with Gasteiger partial charge in [0.2, 0.25) is 0 Å². The summed E-state index contributed by atoms with van der Waals surface area (Å²) in [5.41, 5.74) is 1.81. The van der Waals surface area contributed by atoms with E-state index in [1.165, 1.54) is 0 Å². The van der Waals surface area contributed by atoms with E-state index in [2.05, 4.69) is 5.32 Å². The van der Waals surface area contributed by atoms with Gasteiger partial charge in [-0.2, -0.15) is 0 Å². The molecule has 1 aliphatic carbocycles. The van der Waals surface area contributed by atoms with Crippen LogP contribution in [0.2, 0.25) is 0 Å². The molecular formula is C14H17NO3. The molecule has 0 saturated carbocycles. The van der Waals surface area contributed by atoms with Crippen LogP contribution in [0, 0.1) is 0 Å². The number of Topliss-reactive ketones (excluding diaryl/α,β-unsaturated/α-hetero) is 1. The lowest BCUT2D eigenvalue weighted by Crippen LogP contribution is -2.33. The van der Waals surface area contributed by atoms with Crippen LogP contribution < -0.4 is 10.1 Å². The molecule has 1 aromatic carbocycles. The number of ether oxygens (including phenoxy) is 1. The highest BCUT2D eigenvalue weighted by Crippen LogP contribution is 2.25. The summed E-state index contributed by atoms with van der Waals surface area (Å²) in [6.07, 6.45) is 1.88. The van der Waals surface area contributed by atoms with Crippen LogP contribution in [0.1, 0.15) is 35.7 Å². The van der Waals surface area contributed by atoms with Crippen molar-refractivity contribution in [1.82, 2.24) is 5.32 Å². The van der Waals surface area contributed by atoms with Crippen LogP contribution in [0.3, 0.4) is 0 Å². The third kappa shape index (κ3) is 2.53. The second-order valence-electron chi connectivity index (χ2n) is 4.47. The molecule has 0 saturated heterocycles. The maximum Gasteiger partial charge on any atom is 0.260 e. The fraction of sp³-hybridized carbons (Fsp3) is 0.429. The summed E-state index contributed by atoms with van der Waals surface area (Å²) in [5, 5.41) is 2.54. The van der Waals surface area contributed by atoms with Crippen LogP contribution in [0.15, 0.2) is 18.2 Å². The molecule has 1 atom stereocenters. The first-order valence-electron chi connectivity index (χ1n) is 6.16. The zero-order valence-corrected chi connectivity index (χ0v) is 10.7. The summed E-state index contributed by atoms with van der Waals surface area (Å²) in [6, 6.07) is 5.41. The van der Waals surface area contributed by atoms with E-state index in [1.54, 1.807) is 26.1 Å². The monoisotopic (exact) mass is 247 g/mol. The number of ketones is 1. The summed E-state index contributed by atoms with van der Waals surface area (Å²) < 4.78 is 5.54. The zero-order chi connectivity index (χ0) is 13.1. The fourth-order valence-electron chi connectivity index (χ4n) is 2.16. The molecule has 0 aliphatic heterocycles. The number of likely N-dealkylation sites (N-methyl/N-ethyl adjacent to an activating group) is 1. The van der Waals surface area contributed by atoms with Crippen molar-refractivity contribution in [2.24, 2.45) is 0 Å². The van der Waals surface area contributed by atoms with Crippen molar-refractivity contribution in [2.45, 2.75) is 32.3 Å². The normalized spacial score (nSPS) is 15.8. The number of carbonyl (C=O) groups is 2. The first-order valence-corrected chi connectivity index (χ1v) is 6.16. The molecule has 0 bridgehead atoms. The average Bonchev–Trinajstić information content (AvgIpc) is 2.38. The number of carbonyl (C=O) groups excluding carboxylic acids is 2. The van der Waals surface area contributed by atoms with Crippen LogP contribution in [0.4, 0.5) is 0 Å². The minimum Gasteiger partial charge on any atom is -0.481 e. The fourth-order valence-corrected chi connectivity index (χ4v) is 2.16. The van der Waals surface area contributed by atoms with Crippen LogP contribution in [0.25, 0.3) is 0 Å². The molecule has 0 fully saturated rings. The number of benzene rings is 1. The van der Waals surface area contributed by atoms with Crippen molar-refractivity contribution in [3.8, 4) is 5.75 Å². The van der Waals surface area contributed by atoms with E-state index in [9.17, 15) is 9.59 Å². The molecule has 18 heavy (non-hydrogen) atoms. The van der Waals surface area contributed by atoms with Crippen molar-refractivity contribution in [1.29, 1.82) is 0 Å². The topological polar surface area (TPSA) is 55.4 Å². The van der Waals surface area contributed by atoms with Gasteiger partial charge in [0, 0.05) is 19.0 Å². The molecule has 4 heteroatoms. The molecule has 96 valence electrons. The first-order chi connectivity index (χ1) is 8.61. The maximum absolute atomic E-state index is 11.7. The third-order valence-electron chi connectivity index (χ3n) is 3.16. The smallest absolute Gasteiger partial charge is 0.260 e.